The van der Waals surface area contributed by atoms with Crippen molar-refractivity contribution in [2.24, 2.45) is 23.7 Å². The number of hydrogen-bond acceptors (Lipinski definition) is 2. The number of benzene rings is 1. The van der Waals surface area contributed by atoms with Gasteiger partial charge in [-0.05, 0) is 29.9 Å². The fraction of sp³-hybridized carbons (Fsp3) is 0.375. The molecule has 0 heterocycles. The Hall–Kier alpha value is -1.62. The Labute approximate surface area is 131 Å². The molecule has 0 radical (unpaired) electrons. The van der Waals surface area contributed by atoms with E-state index in [1.54, 1.807) is 0 Å². The molecule has 3 rings (SSSR count). The summed E-state index contributed by atoms with van der Waals surface area (Å²) >= 11 is 3.44. The van der Waals surface area contributed by atoms with Crippen molar-refractivity contribution in [3.63, 3.8) is 0 Å². The second-order valence-electron chi connectivity index (χ2n) is 5.65. The maximum Gasteiger partial charge on any atom is 0.307 e. The van der Waals surface area contributed by atoms with Crippen molar-refractivity contribution in [2.75, 3.05) is 0 Å². The molecule has 1 aromatic rings. The lowest BCUT2D eigenvalue weighted by atomic mass is 9.82. The van der Waals surface area contributed by atoms with Crippen molar-refractivity contribution >= 4 is 27.8 Å². The molecule has 1 aromatic carbocycles. The quantitative estimate of drug-likeness (QED) is 0.821. The zero-order valence-corrected chi connectivity index (χ0v) is 12.9. The van der Waals surface area contributed by atoms with Gasteiger partial charge in [-0.2, -0.15) is 0 Å². The van der Waals surface area contributed by atoms with Crippen LogP contribution in [0.3, 0.4) is 0 Å². The highest BCUT2D eigenvalue weighted by Crippen LogP contribution is 2.48. The molecule has 1 saturated carbocycles. The summed E-state index contributed by atoms with van der Waals surface area (Å²) in [4.78, 5) is 23.8. The largest absolute Gasteiger partial charge is 0.481 e. The molecule has 0 spiro atoms. The number of allylic oxidation sites excluding steroid dienone is 2. The molecule has 2 aliphatic carbocycles. The lowest BCUT2D eigenvalue weighted by Crippen LogP contribution is -2.39. The van der Waals surface area contributed by atoms with Gasteiger partial charge in [-0.1, -0.05) is 46.3 Å². The Morgan fingerprint density at radius 2 is 1.86 bits per heavy atom. The van der Waals surface area contributed by atoms with Crippen molar-refractivity contribution in [2.45, 2.75) is 13.0 Å². The highest BCUT2D eigenvalue weighted by molar-refractivity contribution is 9.10. The van der Waals surface area contributed by atoms with Crippen molar-refractivity contribution in [1.82, 2.24) is 5.32 Å². The van der Waals surface area contributed by atoms with Crippen LogP contribution in [0.25, 0.3) is 0 Å². The van der Waals surface area contributed by atoms with Crippen LogP contribution in [0.2, 0.25) is 0 Å². The summed E-state index contributed by atoms with van der Waals surface area (Å²) in [6, 6.07) is 7.67. The standard InChI is InChI=1S/C16H16BrNO3/c17-12-4-2-1-3-11(12)8-18-15(19)13-9-5-6-10(7-9)14(13)16(20)21/h1-6,9-10,13-14H,7-8H2,(H,18,19)(H,20,21). The number of halogens is 1. The molecule has 4 atom stereocenters. The highest BCUT2D eigenvalue weighted by atomic mass is 79.9. The molecule has 110 valence electrons. The zero-order chi connectivity index (χ0) is 15.0. The van der Waals surface area contributed by atoms with E-state index >= 15 is 0 Å². The van der Waals surface area contributed by atoms with E-state index in [9.17, 15) is 14.7 Å². The Balaban J connectivity index is 1.69. The summed E-state index contributed by atoms with van der Waals surface area (Å²) in [5, 5.41) is 12.2. The van der Waals surface area contributed by atoms with Gasteiger partial charge in [0.1, 0.15) is 0 Å². The average molecular weight is 350 g/mol. The molecule has 0 aromatic heterocycles. The van der Waals surface area contributed by atoms with E-state index in [0.717, 1.165) is 16.5 Å². The lowest BCUT2D eigenvalue weighted by molar-refractivity contribution is -0.147. The maximum atomic E-state index is 12.4. The van der Waals surface area contributed by atoms with Gasteiger partial charge in [-0.15, -0.1) is 0 Å². The van der Waals surface area contributed by atoms with Crippen LogP contribution in [0.5, 0.6) is 0 Å². The minimum absolute atomic E-state index is 0.00621. The summed E-state index contributed by atoms with van der Waals surface area (Å²) in [5.41, 5.74) is 0.983. The molecule has 4 nitrogen and oxygen atoms in total. The zero-order valence-electron chi connectivity index (χ0n) is 11.3. The monoisotopic (exact) mass is 349 g/mol. The number of rotatable bonds is 4. The minimum Gasteiger partial charge on any atom is -0.481 e. The van der Waals surface area contributed by atoms with Gasteiger partial charge in [0.25, 0.3) is 0 Å². The Kier molecular flexibility index (Phi) is 3.85. The third kappa shape index (κ3) is 2.62. The SMILES string of the molecule is O=C(O)C1C2C=CC(C2)C1C(=O)NCc1ccccc1Br. The Morgan fingerprint density at radius 3 is 2.52 bits per heavy atom. The fourth-order valence-electron chi connectivity index (χ4n) is 3.46. The second-order valence-corrected chi connectivity index (χ2v) is 6.50. The molecular weight excluding hydrogens is 334 g/mol. The van der Waals surface area contributed by atoms with Crippen LogP contribution in [-0.2, 0) is 16.1 Å². The molecule has 1 amide bonds. The molecule has 2 bridgehead atoms. The number of fused-ring (bicyclic) bond motifs is 2. The first-order valence-corrected chi connectivity index (χ1v) is 7.79. The van der Waals surface area contributed by atoms with Crippen LogP contribution < -0.4 is 5.32 Å². The van der Waals surface area contributed by atoms with Crippen LogP contribution >= 0.6 is 15.9 Å². The second kappa shape index (κ2) is 5.64. The van der Waals surface area contributed by atoms with E-state index < -0.39 is 17.8 Å². The number of carboxylic acids is 1. The number of hydrogen-bond donors (Lipinski definition) is 2. The molecule has 5 heteroatoms. The van der Waals surface area contributed by atoms with Gasteiger partial charge in [0, 0.05) is 11.0 Å². The van der Waals surface area contributed by atoms with E-state index in [4.69, 9.17) is 0 Å². The normalized spacial score (nSPS) is 29.6. The van der Waals surface area contributed by atoms with E-state index in [0.29, 0.717) is 6.54 Å². The molecule has 21 heavy (non-hydrogen) atoms. The summed E-state index contributed by atoms with van der Waals surface area (Å²) in [5.74, 6) is -1.98. The third-order valence-electron chi connectivity index (χ3n) is 4.46. The van der Waals surface area contributed by atoms with Crippen molar-refractivity contribution in [3.05, 3.63) is 46.5 Å². The van der Waals surface area contributed by atoms with Crippen LogP contribution in [0.1, 0.15) is 12.0 Å². The van der Waals surface area contributed by atoms with E-state index in [-0.39, 0.29) is 17.7 Å². The topological polar surface area (TPSA) is 66.4 Å². The maximum absolute atomic E-state index is 12.4. The van der Waals surface area contributed by atoms with E-state index in [2.05, 4.69) is 21.2 Å². The van der Waals surface area contributed by atoms with Crippen LogP contribution in [-0.4, -0.2) is 17.0 Å². The van der Waals surface area contributed by atoms with Crippen LogP contribution in [0.4, 0.5) is 0 Å². The van der Waals surface area contributed by atoms with Crippen molar-refractivity contribution in [1.29, 1.82) is 0 Å². The molecular formula is C16H16BrNO3. The van der Waals surface area contributed by atoms with Gasteiger partial charge in [-0.25, -0.2) is 0 Å². The van der Waals surface area contributed by atoms with Gasteiger partial charge in [0.05, 0.1) is 11.8 Å². The predicted octanol–water partition coefficient (Wildman–Crippen LogP) is 2.59. The van der Waals surface area contributed by atoms with Gasteiger partial charge in [-0.3, -0.25) is 9.59 Å². The number of carbonyl (C=O) groups is 2. The minimum atomic E-state index is -0.868. The first-order valence-electron chi connectivity index (χ1n) is 7.00. The summed E-state index contributed by atoms with van der Waals surface area (Å²) in [6.45, 7) is 0.407. The molecule has 2 aliphatic rings. The van der Waals surface area contributed by atoms with Gasteiger partial charge < -0.3 is 10.4 Å². The summed E-state index contributed by atoms with van der Waals surface area (Å²) < 4.78 is 0.938. The number of carbonyl (C=O) groups excluding carboxylic acids is 1. The van der Waals surface area contributed by atoms with Crippen molar-refractivity contribution < 1.29 is 14.7 Å². The molecule has 2 N–H and O–H groups in total. The molecule has 1 fully saturated rings. The van der Waals surface area contributed by atoms with E-state index in [1.807, 2.05) is 36.4 Å². The first kappa shape index (κ1) is 14.3. The van der Waals surface area contributed by atoms with Crippen LogP contribution in [0, 0.1) is 23.7 Å². The first-order chi connectivity index (χ1) is 10.1. The third-order valence-corrected chi connectivity index (χ3v) is 5.23. The lowest BCUT2D eigenvalue weighted by Gasteiger charge is -2.24. The average Bonchev–Trinajstić information content (AvgIpc) is 3.06. The van der Waals surface area contributed by atoms with Crippen LogP contribution in [0.15, 0.2) is 40.9 Å². The predicted molar refractivity (Wildman–Crippen MR) is 81.3 cm³/mol. The highest BCUT2D eigenvalue weighted by Gasteiger charge is 2.51. The number of carboxylic acid groups (broad SMARTS) is 1. The number of amides is 1. The smallest absolute Gasteiger partial charge is 0.307 e. The van der Waals surface area contributed by atoms with Crippen molar-refractivity contribution in [3.8, 4) is 0 Å². The van der Waals surface area contributed by atoms with Gasteiger partial charge in [0.2, 0.25) is 5.91 Å². The Bertz CT molecular complexity index is 613. The summed E-state index contributed by atoms with van der Waals surface area (Å²) in [7, 11) is 0. The molecule has 4 unspecified atom stereocenters. The van der Waals surface area contributed by atoms with Gasteiger partial charge in [0.15, 0.2) is 0 Å². The summed E-state index contributed by atoms with van der Waals surface area (Å²) in [6.07, 6.45) is 4.72. The van der Waals surface area contributed by atoms with Gasteiger partial charge >= 0.3 is 5.97 Å². The molecule has 0 saturated heterocycles. The fourth-order valence-corrected chi connectivity index (χ4v) is 3.88. The van der Waals surface area contributed by atoms with E-state index in [1.165, 1.54) is 0 Å². The number of aliphatic carboxylic acids is 1. The Morgan fingerprint density at radius 1 is 1.19 bits per heavy atom. The molecule has 0 aliphatic heterocycles. The number of nitrogens with one attached hydrogen (secondary N) is 1.